The molecule has 0 radical (unpaired) electrons. The van der Waals surface area contributed by atoms with E-state index in [9.17, 15) is 19.3 Å². The zero-order chi connectivity index (χ0) is 15.0. The molecule has 1 aromatic heterocycles. The first-order valence-corrected chi connectivity index (χ1v) is 6.16. The molecule has 3 rings (SSSR count). The molecule has 1 aromatic carbocycles. The summed E-state index contributed by atoms with van der Waals surface area (Å²) in [7, 11) is 0. The molecule has 0 bridgehead atoms. The third-order valence-electron chi connectivity index (χ3n) is 3.32. The van der Waals surface area contributed by atoms with Crippen LogP contribution in [0.4, 0.5) is 10.1 Å². The lowest BCUT2D eigenvalue weighted by molar-refractivity contribution is -0.384. The molecule has 0 fully saturated rings. The van der Waals surface area contributed by atoms with Gasteiger partial charge in [-0.1, -0.05) is 0 Å². The van der Waals surface area contributed by atoms with Crippen LogP contribution < -0.4 is 0 Å². The first-order chi connectivity index (χ1) is 10.1. The van der Waals surface area contributed by atoms with E-state index >= 15 is 0 Å². The van der Waals surface area contributed by atoms with Crippen LogP contribution >= 0.6 is 0 Å². The van der Waals surface area contributed by atoms with E-state index in [4.69, 9.17) is 0 Å². The molecule has 0 saturated heterocycles. The summed E-state index contributed by atoms with van der Waals surface area (Å²) >= 11 is 0. The minimum atomic E-state index is -0.780. The highest BCUT2D eigenvalue weighted by atomic mass is 19.1. The third-order valence-corrected chi connectivity index (χ3v) is 3.32. The van der Waals surface area contributed by atoms with E-state index in [-0.39, 0.29) is 17.8 Å². The van der Waals surface area contributed by atoms with Gasteiger partial charge in [-0.25, -0.2) is 4.39 Å². The van der Waals surface area contributed by atoms with Crippen molar-refractivity contribution in [3.8, 4) is 0 Å². The number of non-ortho nitro benzene ring substituents is 1. The quantitative estimate of drug-likeness (QED) is 0.607. The van der Waals surface area contributed by atoms with E-state index < -0.39 is 16.6 Å². The third kappa shape index (κ3) is 2.33. The molecule has 108 valence electrons. The highest BCUT2D eigenvalue weighted by Gasteiger charge is 2.26. The summed E-state index contributed by atoms with van der Waals surface area (Å²) in [6.45, 7) is 1.07. The number of nitro groups is 1. The van der Waals surface area contributed by atoms with E-state index in [1.54, 1.807) is 10.9 Å². The molecular formula is C12H10FN5O3. The van der Waals surface area contributed by atoms with E-state index in [1.165, 1.54) is 4.90 Å². The SMILES string of the molecule is O=C(c1cc([N+](=O)[O-])ccc1F)N1CCn2cnnc2C1. The lowest BCUT2D eigenvalue weighted by Gasteiger charge is -2.27. The standard InChI is InChI=1S/C12H10FN5O3/c13-10-2-1-8(18(20)21)5-9(10)12(19)16-3-4-17-7-14-15-11(17)6-16/h1-2,5,7H,3-4,6H2. The van der Waals surface area contributed by atoms with E-state index in [2.05, 4.69) is 10.2 Å². The van der Waals surface area contributed by atoms with E-state index in [1.807, 2.05) is 0 Å². The normalized spacial score (nSPS) is 13.9. The first kappa shape index (κ1) is 13.2. The molecular weight excluding hydrogens is 281 g/mol. The Morgan fingerprint density at radius 2 is 2.19 bits per heavy atom. The maximum atomic E-state index is 13.8. The van der Waals surface area contributed by atoms with Crippen molar-refractivity contribution in [3.05, 3.63) is 51.8 Å². The number of hydrogen-bond donors (Lipinski definition) is 0. The predicted octanol–water partition coefficient (Wildman–Crippen LogP) is 0.981. The Balaban J connectivity index is 1.89. The van der Waals surface area contributed by atoms with Crippen molar-refractivity contribution in [2.75, 3.05) is 6.54 Å². The second-order valence-electron chi connectivity index (χ2n) is 4.59. The van der Waals surface area contributed by atoms with Crippen LogP contribution in [-0.2, 0) is 13.1 Å². The largest absolute Gasteiger partial charge is 0.329 e. The van der Waals surface area contributed by atoms with Crippen molar-refractivity contribution in [2.24, 2.45) is 0 Å². The summed E-state index contributed by atoms with van der Waals surface area (Å²) < 4.78 is 15.6. The molecule has 0 unspecified atom stereocenters. The highest BCUT2D eigenvalue weighted by Crippen LogP contribution is 2.20. The number of nitro benzene ring substituents is 1. The second-order valence-corrected chi connectivity index (χ2v) is 4.59. The van der Waals surface area contributed by atoms with Gasteiger partial charge in [0.15, 0.2) is 5.82 Å². The van der Waals surface area contributed by atoms with Gasteiger partial charge < -0.3 is 9.47 Å². The smallest absolute Gasteiger partial charge is 0.270 e. The Bertz CT molecular complexity index is 729. The number of carbonyl (C=O) groups is 1. The predicted molar refractivity (Wildman–Crippen MR) is 67.8 cm³/mol. The zero-order valence-corrected chi connectivity index (χ0v) is 10.8. The van der Waals surface area contributed by atoms with Gasteiger partial charge in [-0.3, -0.25) is 14.9 Å². The molecule has 0 N–H and O–H groups in total. The fourth-order valence-corrected chi connectivity index (χ4v) is 2.20. The lowest BCUT2D eigenvalue weighted by Crippen LogP contribution is -2.38. The van der Waals surface area contributed by atoms with Crippen molar-refractivity contribution >= 4 is 11.6 Å². The van der Waals surface area contributed by atoms with Gasteiger partial charge in [-0.15, -0.1) is 10.2 Å². The van der Waals surface area contributed by atoms with Gasteiger partial charge >= 0.3 is 0 Å². The second kappa shape index (κ2) is 4.93. The molecule has 0 aliphatic carbocycles. The summed E-state index contributed by atoms with van der Waals surface area (Å²) in [4.78, 5) is 23.8. The van der Waals surface area contributed by atoms with Gasteiger partial charge in [-0.2, -0.15) is 0 Å². The van der Waals surface area contributed by atoms with Crippen LogP contribution in [0.25, 0.3) is 0 Å². The number of aromatic nitrogens is 3. The molecule has 8 nitrogen and oxygen atoms in total. The monoisotopic (exact) mass is 291 g/mol. The fourth-order valence-electron chi connectivity index (χ4n) is 2.20. The first-order valence-electron chi connectivity index (χ1n) is 6.16. The van der Waals surface area contributed by atoms with Crippen molar-refractivity contribution in [1.29, 1.82) is 0 Å². The maximum absolute atomic E-state index is 13.8. The van der Waals surface area contributed by atoms with Crippen LogP contribution in [0.15, 0.2) is 24.5 Å². The number of nitrogens with zero attached hydrogens (tertiary/aromatic N) is 5. The van der Waals surface area contributed by atoms with Gasteiger partial charge in [0.2, 0.25) is 0 Å². The van der Waals surface area contributed by atoms with Gasteiger partial charge in [0.25, 0.3) is 11.6 Å². The van der Waals surface area contributed by atoms with E-state index in [0.29, 0.717) is 18.9 Å². The average molecular weight is 291 g/mol. The van der Waals surface area contributed by atoms with Crippen molar-refractivity contribution < 1.29 is 14.1 Å². The van der Waals surface area contributed by atoms with Crippen molar-refractivity contribution in [3.63, 3.8) is 0 Å². The number of benzene rings is 1. The zero-order valence-electron chi connectivity index (χ0n) is 10.8. The summed E-state index contributed by atoms with van der Waals surface area (Å²) in [5, 5.41) is 18.3. The Morgan fingerprint density at radius 3 is 2.95 bits per heavy atom. The van der Waals surface area contributed by atoms with Crippen LogP contribution in [0.2, 0.25) is 0 Å². The summed E-state index contributed by atoms with van der Waals surface area (Å²) in [5.41, 5.74) is -0.628. The summed E-state index contributed by atoms with van der Waals surface area (Å²) in [6.07, 6.45) is 1.56. The summed E-state index contributed by atoms with van der Waals surface area (Å²) in [5.74, 6) is -0.775. The highest BCUT2D eigenvalue weighted by molar-refractivity contribution is 5.95. The number of rotatable bonds is 2. The number of amides is 1. The fraction of sp³-hybridized carbons (Fsp3) is 0.250. The van der Waals surface area contributed by atoms with Gasteiger partial charge in [0.1, 0.15) is 12.1 Å². The van der Waals surface area contributed by atoms with Gasteiger partial charge in [-0.05, 0) is 6.07 Å². The molecule has 21 heavy (non-hydrogen) atoms. The van der Waals surface area contributed by atoms with Crippen LogP contribution in [-0.4, -0.2) is 37.0 Å². The number of carbonyl (C=O) groups excluding carboxylic acids is 1. The summed E-state index contributed by atoms with van der Waals surface area (Å²) in [6, 6.07) is 2.91. The van der Waals surface area contributed by atoms with Crippen LogP contribution in [0, 0.1) is 15.9 Å². The Hall–Kier alpha value is -2.84. The van der Waals surface area contributed by atoms with E-state index in [0.717, 1.165) is 18.2 Å². The van der Waals surface area contributed by atoms with Gasteiger partial charge in [0.05, 0.1) is 17.0 Å². The number of fused-ring (bicyclic) bond motifs is 1. The topological polar surface area (TPSA) is 94.2 Å². The number of hydrogen-bond acceptors (Lipinski definition) is 5. The molecule has 2 aromatic rings. The van der Waals surface area contributed by atoms with Crippen LogP contribution in [0.3, 0.4) is 0 Å². The minimum absolute atomic E-state index is 0.195. The van der Waals surface area contributed by atoms with Crippen molar-refractivity contribution in [1.82, 2.24) is 19.7 Å². The van der Waals surface area contributed by atoms with Crippen LogP contribution in [0.5, 0.6) is 0 Å². The lowest BCUT2D eigenvalue weighted by atomic mass is 10.1. The van der Waals surface area contributed by atoms with Gasteiger partial charge in [0, 0.05) is 25.2 Å². The average Bonchev–Trinajstić information content (AvgIpc) is 2.94. The molecule has 1 amide bonds. The molecule has 0 spiro atoms. The molecule has 1 aliphatic heterocycles. The van der Waals surface area contributed by atoms with Crippen LogP contribution in [0.1, 0.15) is 16.2 Å². The molecule has 1 aliphatic rings. The molecule has 0 saturated carbocycles. The molecule has 0 atom stereocenters. The Kier molecular flexibility index (Phi) is 3.09. The van der Waals surface area contributed by atoms with Crippen molar-refractivity contribution in [2.45, 2.75) is 13.1 Å². The Labute approximate surface area is 118 Å². The maximum Gasteiger partial charge on any atom is 0.270 e. The minimum Gasteiger partial charge on any atom is -0.329 e. The molecule has 9 heteroatoms. The molecule has 2 heterocycles. The Morgan fingerprint density at radius 1 is 1.38 bits per heavy atom. The number of halogens is 1.